The first-order valence-corrected chi connectivity index (χ1v) is 9.31. The highest BCUT2D eigenvalue weighted by Crippen LogP contribution is 2.40. The van der Waals surface area contributed by atoms with Crippen LogP contribution in [-0.2, 0) is 0 Å². The molecule has 4 nitrogen and oxygen atoms in total. The summed E-state index contributed by atoms with van der Waals surface area (Å²) in [5.41, 5.74) is 0.980. The topological polar surface area (TPSA) is 34.6 Å². The Morgan fingerprint density at radius 1 is 1.22 bits per heavy atom. The molecule has 23 heavy (non-hydrogen) atoms. The fourth-order valence-electron chi connectivity index (χ4n) is 2.14. The second kappa shape index (κ2) is 7.28. The molecule has 6 heteroatoms. The summed E-state index contributed by atoms with van der Waals surface area (Å²) in [6.07, 6.45) is 0. The van der Waals surface area contributed by atoms with Crippen LogP contribution >= 0.6 is 23.3 Å². The number of ether oxygens (including phenoxy) is 2. The molecule has 0 aliphatic heterocycles. The van der Waals surface area contributed by atoms with Gasteiger partial charge in [-0.2, -0.15) is 0 Å². The highest BCUT2D eigenvalue weighted by Gasteiger charge is 2.25. The number of hydrogen-bond donors (Lipinski definition) is 0. The maximum atomic E-state index is 5.46. The summed E-state index contributed by atoms with van der Waals surface area (Å²) in [5, 5.41) is 0. The summed E-state index contributed by atoms with van der Waals surface area (Å²) >= 11 is 3.40. The van der Waals surface area contributed by atoms with Crippen molar-refractivity contribution in [2.75, 3.05) is 20.8 Å². The third-order valence-electron chi connectivity index (χ3n) is 3.34. The molecular formula is C17H26N2O2S2. The molecule has 0 fully saturated rings. The van der Waals surface area contributed by atoms with Gasteiger partial charge in [-0.15, -0.1) is 11.3 Å². The molecule has 1 aromatic carbocycles. The van der Waals surface area contributed by atoms with Gasteiger partial charge in [-0.1, -0.05) is 13.8 Å². The minimum Gasteiger partial charge on any atom is -0.497 e. The van der Waals surface area contributed by atoms with Gasteiger partial charge in [0, 0.05) is 18.2 Å². The summed E-state index contributed by atoms with van der Waals surface area (Å²) in [4.78, 5) is 4.78. The second-order valence-electron chi connectivity index (χ2n) is 6.87. The van der Waals surface area contributed by atoms with Crippen molar-refractivity contribution in [2.24, 2.45) is 5.92 Å². The Hall–Kier alpha value is -0.980. The Balaban J connectivity index is 2.35. The lowest BCUT2D eigenvalue weighted by molar-refractivity contribution is 0.249. The monoisotopic (exact) mass is 354 g/mol. The number of fused-ring (bicyclic) bond motifs is 1. The van der Waals surface area contributed by atoms with Crippen LogP contribution in [0, 0.1) is 5.92 Å². The molecule has 0 unspecified atom stereocenters. The highest BCUT2D eigenvalue weighted by atomic mass is 32.2. The summed E-state index contributed by atoms with van der Waals surface area (Å²) in [7, 11) is 3.34. The molecule has 0 saturated carbocycles. The molecule has 2 rings (SSSR count). The first-order valence-electron chi connectivity index (χ1n) is 7.72. The van der Waals surface area contributed by atoms with E-state index >= 15 is 0 Å². The van der Waals surface area contributed by atoms with Crippen molar-refractivity contribution in [3.8, 4) is 11.5 Å². The Bertz CT molecular complexity index is 662. The van der Waals surface area contributed by atoms with Gasteiger partial charge in [0.1, 0.15) is 17.0 Å². The normalized spacial score (nSPS) is 12.4. The van der Waals surface area contributed by atoms with E-state index in [9.17, 15) is 0 Å². The number of nitrogens with zero attached hydrogens (tertiary/aromatic N) is 2. The van der Waals surface area contributed by atoms with E-state index in [1.165, 1.54) is 0 Å². The number of thiazole rings is 1. The van der Waals surface area contributed by atoms with Crippen LogP contribution < -0.4 is 9.47 Å². The standard InChI is InChI=1S/C17H26N2O2S2/c1-11(2)10-19(17(3,4)5)23-16-18-15-13(21-7)8-12(20-6)9-14(15)22-16/h8-9,11H,10H2,1-7H3. The average molecular weight is 355 g/mol. The van der Waals surface area contributed by atoms with Gasteiger partial charge in [-0.3, -0.25) is 0 Å². The third-order valence-corrected chi connectivity index (χ3v) is 5.77. The molecule has 1 heterocycles. The van der Waals surface area contributed by atoms with E-state index in [0.29, 0.717) is 5.92 Å². The molecule has 0 radical (unpaired) electrons. The zero-order chi connectivity index (χ0) is 17.2. The molecule has 2 aromatic rings. The predicted octanol–water partition coefficient (Wildman–Crippen LogP) is 5.08. The van der Waals surface area contributed by atoms with E-state index in [1.54, 1.807) is 37.5 Å². The second-order valence-corrected chi connectivity index (χ2v) is 9.17. The molecule has 0 atom stereocenters. The number of rotatable bonds is 6. The Morgan fingerprint density at radius 2 is 1.91 bits per heavy atom. The van der Waals surface area contributed by atoms with Crippen LogP contribution in [0.3, 0.4) is 0 Å². The predicted molar refractivity (Wildman–Crippen MR) is 99.9 cm³/mol. The molecule has 0 saturated heterocycles. The van der Waals surface area contributed by atoms with Crippen LogP contribution in [0.4, 0.5) is 0 Å². The first-order chi connectivity index (χ1) is 10.7. The molecule has 128 valence electrons. The van der Waals surface area contributed by atoms with Gasteiger partial charge in [0.05, 0.1) is 18.9 Å². The molecule has 0 N–H and O–H groups in total. The molecular weight excluding hydrogens is 328 g/mol. The van der Waals surface area contributed by atoms with Crippen molar-refractivity contribution in [2.45, 2.75) is 44.5 Å². The fourth-order valence-corrected chi connectivity index (χ4v) is 4.54. The molecule has 0 aliphatic carbocycles. The fraction of sp³-hybridized carbons (Fsp3) is 0.588. The lowest BCUT2D eigenvalue weighted by Gasteiger charge is -2.34. The van der Waals surface area contributed by atoms with Crippen molar-refractivity contribution in [1.29, 1.82) is 0 Å². The van der Waals surface area contributed by atoms with Crippen LogP contribution in [0.5, 0.6) is 11.5 Å². The van der Waals surface area contributed by atoms with Gasteiger partial charge >= 0.3 is 0 Å². The van der Waals surface area contributed by atoms with Crippen molar-refractivity contribution < 1.29 is 9.47 Å². The Kier molecular flexibility index (Phi) is 5.81. The maximum absolute atomic E-state index is 5.46. The van der Waals surface area contributed by atoms with Gasteiger partial charge in [-0.25, -0.2) is 9.29 Å². The van der Waals surface area contributed by atoms with Gasteiger partial charge in [-0.05, 0) is 44.7 Å². The average Bonchev–Trinajstić information content (AvgIpc) is 2.86. The highest BCUT2D eigenvalue weighted by molar-refractivity contribution is 7.99. The van der Waals surface area contributed by atoms with Crippen LogP contribution in [-0.4, -0.2) is 35.6 Å². The smallest absolute Gasteiger partial charge is 0.166 e. The first kappa shape index (κ1) is 18.4. The van der Waals surface area contributed by atoms with Crippen LogP contribution in [0.25, 0.3) is 10.2 Å². The van der Waals surface area contributed by atoms with Crippen LogP contribution in [0.2, 0.25) is 0 Å². The minimum atomic E-state index is 0.0779. The molecule has 0 bridgehead atoms. The van der Waals surface area contributed by atoms with Gasteiger partial charge in [0.2, 0.25) is 0 Å². The lowest BCUT2D eigenvalue weighted by Crippen LogP contribution is -2.38. The van der Waals surface area contributed by atoms with Crippen molar-refractivity contribution in [3.63, 3.8) is 0 Å². The van der Waals surface area contributed by atoms with Crippen LogP contribution in [0.1, 0.15) is 34.6 Å². The van der Waals surface area contributed by atoms with Gasteiger partial charge < -0.3 is 9.47 Å². The number of aromatic nitrogens is 1. The summed E-state index contributed by atoms with van der Waals surface area (Å²) in [6.45, 7) is 12.2. The largest absolute Gasteiger partial charge is 0.497 e. The molecule has 0 aliphatic rings. The number of benzene rings is 1. The maximum Gasteiger partial charge on any atom is 0.166 e. The van der Waals surface area contributed by atoms with Crippen LogP contribution in [0.15, 0.2) is 16.5 Å². The Labute approximate surface area is 147 Å². The quantitative estimate of drug-likeness (QED) is 0.676. The Morgan fingerprint density at radius 3 is 2.43 bits per heavy atom. The third kappa shape index (κ3) is 4.52. The van der Waals surface area contributed by atoms with Crippen molar-refractivity contribution >= 4 is 33.5 Å². The van der Waals surface area contributed by atoms with E-state index in [1.807, 2.05) is 12.1 Å². The van der Waals surface area contributed by atoms with E-state index in [0.717, 1.165) is 32.6 Å². The number of hydrogen-bond acceptors (Lipinski definition) is 6. The zero-order valence-corrected chi connectivity index (χ0v) is 16.6. The minimum absolute atomic E-state index is 0.0779. The SMILES string of the molecule is COc1cc(OC)c2nc(SN(CC(C)C)C(C)(C)C)sc2c1. The molecule has 0 amide bonds. The van der Waals surface area contributed by atoms with Crippen molar-refractivity contribution in [3.05, 3.63) is 12.1 Å². The molecule has 0 spiro atoms. The van der Waals surface area contributed by atoms with E-state index < -0.39 is 0 Å². The molecule has 1 aromatic heterocycles. The van der Waals surface area contributed by atoms with E-state index in [-0.39, 0.29) is 5.54 Å². The lowest BCUT2D eigenvalue weighted by atomic mass is 10.1. The van der Waals surface area contributed by atoms with Crippen molar-refractivity contribution in [1.82, 2.24) is 9.29 Å². The van der Waals surface area contributed by atoms with Gasteiger partial charge in [0.15, 0.2) is 4.34 Å². The van der Waals surface area contributed by atoms with E-state index in [2.05, 4.69) is 38.9 Å². The zero-order valence-electron chi connectivity index (χ0n) is 15.0. The van der Waals surface area contributed by atoms with E-state index in [4.69, 9.17) is 14.5 Å². The summed E-state index contributed by atoms with van der Waals surface area (Å²) in [6, 6.07) is 3.90. The van der Waals surface area contributed by atoms with Gasteiger partial charge in [0.25, 0.3) is 0 Å². The summed E-state index contributed by atoms with van der Waals surface area (Å²) < 4.78 is 15.3. The summed E-state index contributed by atoms with van der Waals surface area (Å²) in [5.74, 6) is 2.16. The number of methoxy groups -OCH3 is 2.